The van der Waals surface area contributed by atoms with E-state index >= 15 is 0 Å². The zero-order valence-corrected chi connectivity index (χ0v) is 12.2. The molecule has 0 unspecified atom stereocenters. The lowest BCUT2D eigenvalue weighted by molar-refractivity contribution is -0.120. The summed E-state index contributed by atoms with van der Waals surface area (Å²) in [5.74, 6) is -0.477. The number of hydrogen-bond acceptors (Lipinski definition) is 6. The lowest BCUT2D eigenvalue weighted by Crippen LogP contribution is -2.26. The molecule has 0 bridgehead atoms. The largest absolute Gasteiger partial charge is 0.467 e. The van der Waals surface area contributed by atoms with E-state index in [9.17, 15) is 9.18 Å². The van der Waals surface area contributed by atoms with Crippen LogP contribution in [0.15, 0.2) is 24.3 Å². The van der Waals surface area contributed by atoms with E-state index in [4.69, 9.17) is 9.47 Å². The van der Waals surface area contributed by atoms with E-state index in [0.717, 1.165) is 0 Å². The molecule has 1 aromatic carbocycles. The van der Waals surface area contributed by atoms with Crippen LogP contribution in [0.2, 0.25) is 0 Å². The van der Waals surface area contributed by atoms with Gasteiger partial charge in [-0.2, -0.15) is 9.97 Å². The van der Waals surface area contributed by atoms with Crippen molar-refractivity contribution in [2.24, 2.45) is 0 Å². The summed E-state index contributed by atoms with van der Waals surface area (Å²) in [6.45, 7) is 0.0581. The number of aromatic nitrogens is 3. The quantitative estimate of drug-likeness (QED) is 0.853. The van der Waals surface area contributed by atoms with E-state index in [0.29, 0.717) is 5.56 Å². The molecule has 7 nitrogen and oxygen atoms in total. The smallest absolute Gasteiger partial charge is 0.322 e. The van der Waals surface area contributed by atoms with E-state index in [1.165, 1.54) is 20.3 Å². The molecule has 2 rings (SSSR count). The Morgan fingerprint density at radius 2 is 1.77 bits per heavy atom. The van der Waals surface area contributed by atoms with Crippen LogP contribution in [0.1, 0.15) is 11.4 Å². The second-order valence-electron chi connectivity index (χ2n) is 4.27. The van der Waals surface area contributed by atoms with Gasteiger partial charge in [-0.25, -0.2) is 4.39 Å². The van der Waals surface area contributed by atoms with Crippen molar-refractivity contribution in [1.82, 2.24) is 20.3 Å². The maximum absolute atomic E-state index is 13.5. The topological polar surface area (TPSA) is 86.2 Å². The highest BCUT2D eigenvalue weighted by Crippen LogP contribution is 2.09. The molecule has 0 atom stereocenters. The van der Waals surface area contributed by atoms with E-state index in [2.05, 4.69) is 20.3 Å². The Morgan fingerprint density at radius 1 is 1.14 bits per heavy atom. The first-order valence-corrected chi connectivity index (χ1v) is 6.45. The van der Waals surface area contributed by atoms with Gasteiger partial charge in [-0.05, 0) is 11.6 Å². The molecule has 0 aliphatic carbocycles. The van der Waals surface area contributed by atoms with Gasteiger partial charge in [0.25, 0.3) is 0 Å². The molecule has 116 valence electrons. The summed E-state index contributed by atoms with van der Waals surface area (Å²) in [6.07, 6.45) is -0.0635. The van der Waals surface area contributed by atoms with E-state index in [1.807, 2.05) is 0 Å². The first-order valence-electron chi connectivity index (χ1n) is 6.45. The first-order chi connectivity index (χ1) is 10.6. The van der Waals surface area contributed by atoms with Gasteiger partial charge in [-0.1, -0.05) is 18.2 Å². The number of benzene rings is 1. The van der Waals surface area contributed by atoms with Gasteiger partial charge in [0.05, 0.1) is 27.2 Å². The van der Waals surface area contributed by atoms with Crippen LogP contribution < -0.4 is 14.8 Å². The van der Waals surface area contributed by atoms with Crippen LogP contribution >= 0.6 is 0 Å². The van der Waals surface area contributed by atoms with Gasteiger partial charge in [-0.15, -0.1) is 4.98 Å². The predicted molar refractivity (Wildman–Crippen MR) is 74.9 cm³/mol. The van der Waals surface area contributed by atoms with Gasteiger partial charge in [0.2, 0.25) is 5.91 Å². The molecule has 1 heterocycles. The zero-order valence-electron chi connectivity index (χ0n) is 12.2. The normalized spacial score (nSPS) is 10.1. The SMILES string of the molecule is COc1nc(CNC(=O)Cc2ccccc2F)nc(OC)n1. The average molecular weight is 306 g/mol. The summed E-state index contributed by atoms with van der Waals surface area (Å²) in [5.41, 5.74) is 0.325. The van der Waals surface area contributed by atoms with Gasteiger partial charge >= 0.3 is 12.0 Å². The lowest BCUT2D eigenvalue weighted by atomic mass is 10.1. The van der Waals surface area contributed by atoms with Crippen LogP contribution in [-0.2, 0) is 17.8 Å². The highest BCUT2D eigenvalue weighted by atomic mass is 19.1. The van der Waals surface area contributed by atoms with Crippen molar-refractivity contribution in [2.75, 3.05) is 14.2 Å². The third-order valence-electron chi connectivity index (χ3n) is 2.76. The number of amides is 1. The van der Waals surface area contributed by atoms with Crippen LogP contribution in [0.3, 0.4) is 0 Å². The molecule has 2 aromatic rings. The number of carbonyl (C=O) groups is 1. The van der Waals surface area contributed by atoms with Crippen molar-refractivity contribution in [3.05, 3.63) is 41.5 Å². The van der Waals surface area contributed by atoms with Crippen LogP contribution in [0.25, 0.3) is 0 Å². The van der Waals surface area contributed by atoms with Crippen molar-refractivity contribution < 1.29 is 18.7 Å². The molecule has 22 heavy (non-hydrogen) atoms. The molecule has 0 saturated heterocycles. The Bertz CT molecular complexity index is 644. The van der Waals surface area contributed by atoms with E-state index in [-0.39, 0.29) is 36.7 Å². The van der Waals surface area contributed by atoms with Crippen LogP contribution in [0.5, 0.6) is 12.0 Å². The molecule has 1 amide bonds. The molecule has 1 aromatic heterocycles. The van der Waals surface area contributed by atoms with Crippen LogP contribution in [-0.4, -0.2) is 35.1 Å². The minimum atomic E-state index is -0.416. The van der Waals surface area contributed by atoms with Crippen molar-refractivity contribution in [3.63, 3.8) is 0 Å². The second-order valence-corrected chi connectivity index (χ2v) is 4.27. The third-order valence-corrected chi connectivity index (χ3v) is 2.76. The highest BCUT2D eigenvalue weighted by molar-refractivity contribution is 5.78. The van der Waals surface area contributed by atoms with Gasteiger partial charge < -0.3 is 14.8 Å². The number of carbonyl (C=O) groups excluding carboxylic acids is 1. The summed E-state index contributed by atoms with van der Waals surface area (Å²) < 4.78 is 23.3. The molecular weight excluding hydrogens is 291 g/mol. The summed E-state index contributed by atoms with van der Waals surface area (Å²) >= 11 is 0. The Labute approximate surface area is 126 Å². The molecule has 0 radical (unpaired) electrons. The number of hydrogen-bond donors (Lipinski definition) is 1. The van der Waals surface area contributed by atoms with Crippen LogP contribution in [0.4, 0.5) is 4.39 Å². The standard InChI is InChI=1S/C14H15FN4O3/c1-21-13-17-11(18-14(19-13)22-2)8-16-12(20)7-9-5-3-4-6-10(9)15/h3-6H,7-8H2,1-2H3,(H,16,20). The summed E-state index contributed by atoms with van der Waals surface area (Å²) in [5, 5.41) is 2.61. The summed E-state index contributed by atoms with van der Waals surface area (Å²) in [7, 11) is 2.82. The number of ether oxygens (including phenoxy) is 2. The summed E-state index contributed by atoms with van der Waals surface area (Å²) in [4.78, 5) is 23.6. The number of nitrogens with zero attached hydrogens (tertiary/aromatic N) is 3. The van der Waals surface area contributed by atoms with Crippen molar-refractivity contribution in [1.29, 1.82) is 0 Å². The van der Waals surface area contributed by atoms with E-state index in [1.54, 1.807) is 18.2 Å². The van der Waals surface area contributed by atoms with Gasteiger partial charge in [-0.3, -0.25) is 4.79 Å². The number of rotatable bonds is 6. The molecule has 0 aliphatic rings. The molecule has 8 heteroatoms. The number of methoxy groups -OCH3 is 2. The fourth-order valence-electron chi connectivity index (χ4n) is 1.69. The van der Waals surface area contributed by atoms with Crippen molar-refractivity contribution in [3.8, 4) is 12.0 Å². The predicted octanol–water partition coefficient (Wildman–Crippen LogP) is 0.887. The zero-order chi connectivity index (χ0) is 15.9. The molecule has 0 fully saturated rings. The Balaban J connectivity index is 1.98. The van der Waals surface area contributed by atoms with Gasteiger partial charge in [0.15, 0.2) is 5.82 Å². The second kappa shape index (κ2) is 7.30. The van der Waals surface area contributed by atoms with Crippen LogP contribution in [0, 0.1) is 5.82 Å². The van der Waals surface area contributed by atoms with E-state index < -0.39 is 5.82 Å². The number of nitrogens with one attached hydrogen (secondary N) is 1. The molecule has 0 saturated carbocycles. The maximum atomic E-state index is 13.5. The lowest BCUT2D eigenvalue weighted by Gasteiger charge is -2.07. The summed E-state index contributed by atoms with van der Waals surface area (Å²) in [6, 6.07) is 6.29. The molecule has 1 N–H and O–H groups in total. The number of halogens is 1. The molecular formula is C14H15FN4O3. The average Bonchev–Trinajstić information content (AvgIpc) is 2.54. The fourth-order valence-corrected chi connectivity index (χ4v) is 1.69. The first kappa shape index (κ1) is 15.6. The van der Waals surface area contributed by atoms with Gasteiger partial charge in [0, 0.05) is 0 Å². The van der Waals surface area contributed by atoms with Crippen molar-refractivity contribution >= 4 is 5.91 Å². The Morgan fingerprint density at radius 3 is 2.36 bits per heavy atom. The van der Waals surface area contributed by atoms with Gasteiger partial charge in [0.1, 0.15) is 5.82 Å². The molecule has 0 spiro atoms. The Hall–Kier alpha value is -2.77. The maximum Gasteiger partial charge on any atom is 0.322 e. The highest BCUT2D eigenvalue weighted by Gasteiger charge is 2.10. The molecule has 0 aliphatic heterocycles. The fraction of sp³-hybridized carbons (Fsp3) is 0.286. The Kier molecular flexibility index (Phi) is 5.18. The minimum absolute atomic E-state index is 0.0581. The minimum Gasteiger partial charge on any atom is -0.467 e. The third kappa shape index (κ3) is 4.11. The van der Waals surface area contributed by atoms with Crippen molar-refractivity contribution in [2.45, 2.75) is 13.0 Å². The monoisotopic (exact) mass is 306 g/mol.